The van der Waals surface area contributed by atoms with Crippen molar-refractivity contribution in [3.05, 3.63) is 20.3 Å². The Hall–Kier alpha value is 0.140. The highest BCUT2D eigenvalue weighted by atomic mass is 79.9. The van der Waals surface area contributed by atoms with Gasteiger partial charge in [-0.25, -0.2) is 0 Å². The largest absolute Gasteiger partial charge is 0.310 e. The molecule has 4 bridgehead atoms. The molecule has 1 nitrogen and oxygen atoms in total. The van der Waals surface area contributed by atoms with Crippen LogP contribution in [-0.4, -0.2) is 6.54 Å². The molecule has 1 heterocycles. The Morgan fingerprint density at radius 2 is 1.81 bits per heavy atom. The molecular weight excluding hydrogens is 342 g/mol. The Balaban J connectivity index is 1.72. The third-order valence-corrected chi connectivity index (χ3v) is 7.91. The number of halogens is 1. The minimum absolute atomic E-state index is 0.552. The molecule has 0 aliphatic heterocycles. The molecule has 1 unspecified atom stereocenters. The van der Waals surface area contributed by atoms with Gasteiger partial charge in [0.2, 0.25) is 0 Å². The van der Waals surface area contributed by atoms with E-state index in [0.29, 0.717) is 11.5 Å². The van der Waals surface area contributed by atoms with Crippen molar-refractivity contribution in [1.82, 2.24) is 5.32 Å². The summed E-state index contributed by atoms with van der Waals surface area (Å²) in [5.74, 6) is 3.08. The fourth-order valence-corrected chi connectivity index (χ4v) is 7.88. The molecule has 21 heavy (non-hydrogen) atoms. The van der Waals surface area contributed by atoms with Crippen LogP contribution in [0.3, 0.4) is 0 Å². The van der Waals surface area contributed by atoms with Crippen LogP contribution in [0.5, 0.6) is 0 Å². The summed E-state index contributed by atoms with van der Waals surface area (Å²) < 4.78 is 1.29. The van der Waals surface area contributed by atoms with Crippen molar-refractivity contribution in [3.8, 4) is 0 Å². The number of aryl methyl sites for hydroxylation is 1. The third-order valence-electron chi connectivity index (χ3n) is 6.34. The van der Waals surface area contributed by atoms with E-state index in [1.807, 2.05) is 11.3 Å². The highest BCUT2D eigenvalue weighted by Gasteiger charge is 2.54. The van der Waals surface area contributed by atoms with Gasteiger partial charge < -0.3 is 5.32 Å². The van der Waals surface area contributed by atoms with Crippen LogP contribution in [0.25, 0.3) is 0 Å². The van der Waals surface area contributed by atoms with E-state index in [0.717, 1.165) is 24.3 Å². The summed E-state index contributed by atoms with van der Waals surface area (Å²) >= 11 is 5.61. The van der Waals surface area contributed by atoms with Crippen LogP contribution >= 0.6 is 27.3 Å². The van der Waals surface area contributed by atoms with Gasteiger partial charge in [-0.2, -0.15) is 0 Å². The second-order valence-corrected chi connectivity index (χ2v) is 10.5. The van der Waals surface area contributed by atoms with Crippen LogP contribution in [0.2, 0.25) is 0 Å². The van der Waals surface area contributed by atoms with Gasteiger partial charge in [0.1, 0.15) is 0 Å². The van der Waals surface area contributed by atoms with Crippen molar-refractivity contribution in [2.45, 2.75) is 58.4 Å². The molecule has 4 aliphatic carbocycles. The lowest BCUT2D eigenvalue weighted by atomic mass is 9.47. The SMILES string of the molecule is CCNC(c1cc(Br)sc1C)C12CC3CC(CC(C3)C1)C2. The third kappa shape index (κ3) is 2.44. The fraction of sp³-hybridized carbons (Fsp3) is 0.778. The topological polar surface area (TPSA) is 12.0 Å². The van der Waals surface area contributed by atoms with E-state index in [1.165, 1.54) is 47.2 Å². The van der Waals surface area contributed by atoms with E-state index < -0.39 is 0 Å². The molecule has 4 saturated carbocycles. The summed E-state index contributed by atoms with van der Waals surface area (Å²) in [4.78, 5) is 1.50. The standard InChI is InChI=1S/C18H26BrNS/c1-3-20-17(15-7-16(19)21-11(15)2)18-8-12-4-13(9-18)6-14(5-12)10-18/h7,12-14,17,20H,3-6,8-10H2,1-2H3. The Kier molecular flexibility index (Phi) is 3.75. The Morgan fingerprint density at radius 3 is 2.24 bits per heavy atom. The zero-order valence-electron chi connectivity index (χ0n) is 13.1. The van der Waals surface area contributed by atoms with E-state index >= 15 is 0 Å². The maximum atomic E-state index is 3.90. The molecule has 4 aliphatic rings. The van der Waals surface area contributed by atoms with Crippen molar-refractivity contribution >= 4 is 27.3 Å². The lowest BCUT2D eigenvalue weighted by Gasteiger charge is -2.59. The zero-order chi connectivity index (χ0) is 14.6. The van der Waals surface area contributed by atoms with Crippen molar-refractivity contribution in [3.63, 3.8) is 0 Å². The normalized spacial score (nSPS) is 38.9. The van der Waals surface area contributed by atoms with Crippen LogP contribution in [0.1, 0.15) is 61.9 Å². The number of hydrogen-bond acceptors (Lipinski definition) is 2. The second kappa shape index (κ2) is 5.35. The predicted octanol–water partition coefficient (Wildman–Crippen LogP) is 5.69. The van der Waals surface area contributed by atoms with Gasteiger partial charge >= 0.3 is 0 Å². The van der Waals surface area contributed by atoms with E-state index in [1.54, 1.807) is 5.56 Å². The first-order valence-electron chi connectivity index (χ1n) is 8.59. The van der Waals surface area contributed by atoms with E-state index in [2.05, 4.69) is 41.2 Å². The number of nitrogens with one attached hydrogen (secondary N) is 1. The van der Waals surface area contributed by atoms with Gasteiger partial charge in [0.15, 0.2) is 0 Å². The average molecular weight is 368 g/mol. The van der Waals surface area contributed by atoms with Gasteiger partial charge in [0, 0.05) is 10.9 Å². The molecule has 0 radical (unpaired) electrons. The van der Waals surface area contributed by atoms with E-state index in [9.17, 15) is 0 Å². The first kappa shape index (κ1) is 14.7. The Labute approximate surface area is 141 Å². The molecular formula is C18H26BrNS. The smallest absolute Gasteiger partial charge is 0.0704 e. The molecule has 1 N–H and O–H groups in total. The van der Waals surface area contributed by atoms with Crippen molar-refractivity contribution < 1.29 is 0 Å². The lowest BCUT2D eigenvalue weighted by molar-refractivity contribution is -0.0746. The summed E-state index contributed by atoms with van der Waals surface area (Å²) in [6.07, 6.45) is 9.02. The minimum Gasteiger partial charge on any atom is -0.310 e. The molecule has 4 fully saturated rings. The molecule has 1 aromatic heterocycles. The van der Waals surface area contributed by atoms with Crippen LogP contribution in [-0.2, 0) is 0 Å². The molecule has 0 amide bonds. The first-order valence-corrected chi connectivity index (χ1v) is 10.2. The van der Waals surface area contributed by atoms with E-state index in [-0.39, 0.29) is 0 Å². The predicted molar refractivity (Wildman–Crippen MR) is 93.8 cm³/mol. The molecule has 0 saturated heterocycles. The molecule has 1 atom stereocenters. The minimum atomic E-state index is 0.552. The summed E-state index contributed by atoms with van der Waals surface area (Å²) in [6.45, 7) is 5.65. The van der Waals surface area contributed by atoms with E-state index in [4.69, 9.17) is 0 Å². The fourth-order valence-electron chi connectivity index (χ4n) is 6.14. The number of hydrogen-bond donors (Lipinski definition) is 1. The second-order valence-electron chi connectivity index (χ2n) is 7.83. The Bertz CT molecular complexity index is 500. The number of thiophene rings is 1. The highest BCUT2D eigenvalue weighted by molar-refractivity contribution is 9.11. The van der Waals surface area contributed by atoms with Gasteiger partial charge in [-0.1, -0.05) is 6.92 Å². The summed E-state index contributed by atoms with van der Waals surface area (Å²) in [6, 6.07) is 2.98. The van der Waals surface area contributed by atoms with Crippen LogP contribution in [0.15, 0.2) is 9.85 Å². The molecule has 0 aromatic carbocycles. The highest BCUT2D eigenvalue weighted by Crippen LogP contribution is 2.64. The van der Waals surface area contributed by atoms with Gasteiger partial charge in [-0.15, -0.1) is 11.3 Å². The zero-order valence-corrected chi connectivity index (χ0v) is 15.5. The van der Waals surface area contributed by atoms with Gasteiger partial charge in [-0.05, 0) is 103 Å². The molecule has 3 heteroatoms. The molecule has 0 spiro atoms. The molecule has 1 aromatic rings. The van der Waals surface area contributed by atoms with Crippen LogP contribution in [0.4, 0.5) is 0 Å². The van der Waals surface area contributed by atoms with Crippen molar-refractivity contribution in [1.29, 1.82) is 0 Å². The van der Waals surface area contributed by atoms with Crippen LogP contribution in [0, 0.1) is 30.1 Å². The van der Waals surface area contributed by atoms with Gasteiger partial charge in [0.25, 0.3) is 0 Å². The van der Waals surface area contributed by atoms with Crippen molar-refractivity contribution in [2.24, 2.45) is 23.2 Å². The van der Waals surface area contributed by atoms with Gasteiger partial charge in [-0.3, -0.25) is 0 Å². The van der Waals surface area contributed by atoms with Gasteiger partial charge in [0.05, 0.1) is 3.79 Å². The summed E-state index contributed by atoms with van der Waals surface area (Å²) in [5.41, 5.74) is 2.13. The van der Waals surface area contributed by atoms with Crippen LogP contribution < -0.4 is 5.32 Å². The maximum absolute atomic E-state index is 3.90. The molecule has 116 valence electrons. The quantitative estimate of drug-likeness (QED) is 0.720. The molecule has 5 rings (SSSR count). The summed E-state index contributed by atoms with van der Waals surface area (Å²) in [5, 5.41) is 3.90. The monoisotopic (exact) mass is 367 g/mol. The number of rotatable bonds is 4. The van der Waals surface area contributed by atoms with Crippen molar-refractivity contribution in [2.75, 3.05) is 6.54 Å². The lowest BCUT2D eigenvalue weighted by Crippen LogP contribution is -2.52. The average Bonchev–Trinajstić information content (AvgIpc) is 2.73. The maximum Gasteiger partial charge on any atom is 0.0704 e. The summed E-state index contributed by atoms with van der Waals surface area (Å²) in [7, 11) is 0. The first-order chi connectivity index (χ1) is 10.1. The Morgan fingerprint density at radius 1 is 1.24 bits per heavy atom.